The van der Waals surface area contributed by atoms with Gasteiger partial charge in [0, 0.05) is 25.6 Å². The zero-order chi connectivity index (χ0) is 22.5. The topological polar surface area (TPSA) is 105 Å². The molecule has 2 aromatic carbocycles. The van der Waals surface area contributed by atoms with Crippen LogP contribution in [0.3, 0.4) is 0 Å². The van der Waals surface area contributed by atoms with E-state index in [9.17, 15) is 19.2 Å². The smallest absolute Gasteiger partial charge is 0.338 e. The Morgan fingerprint density at radius 3 is 2.47 bits per heavy atom. The number of benzene rings is 2. The predicted octanol–water partition coefficient (Wildman–Crippen LogP) is 2.50. The molecule has 2 N–H and O–H groups in total. The summed E-state index contributed by atoms with van der Waals surface area (Å²) in [5.74, 6) is -1.25. The van der Waals surface area contributed by atoms with Crippen LogP contribution in [0.5, 0.6) is 0 Å². The molecule has 4 rings (SSSR count). The molecule has 0 radical (unpaired) electrons. The molecule has 2 fully saturated rings. The van der Waals surface area contributed by atoms with E-state index in [1.54, 1.807) is 53.4 Å². The van der Waals surface area contributed by atoms with E-state index in [1.807, 2.05) is 0 Å². The molecule has 0 aromatic heterocycles. The van der Waals surface area contributed by atoms with Gasteiger partial charge in [0.2, 0.25) is 5.91 Å². The minimum absolute atomic E-state index is 0.145. The van der Waals surface area contributed by atoms with Crippen LogP contribution in [0.2, 0.25) is 0 Å². The van der Waals surface area contributed by atoms with Crippen LogP contribution in [-0.4, -0.2) is 47.8 Å². The summed E-state index contributed by atoms with van der Waals surface area (Å²) in [6.45, 7) is 0.800. The zero-order valence-corrected chi connectivity index (χ0v) is 17.6. The molecule has 1 aliphatic heterocycles. The summed E-state index contributed by atoms with van der Waals surface area (Å²) in [7, 11) is 0. The Morgan fingerprint density at radius 1 is 1.03 bits per heavy atom. The highest BCUT2D eigenvalue weighted by Gasteiger charge is 2.25. The van der Waals surface area contributed by atoms with Crippen LogP contribution in [0.25, 0.3) is 0 Å². The van der Waals surface area contributed by atoms with Gasteiger partial charge in [-0.2, -0.15) is 0 Å². The quantitative estimate of drug-likeness (QED) is 0.620. The number of hydrogen-bond donors (Lipinski definition) is 2. The zero-order valence-electron chi connectivity index (χ0n) is 17.6. The Hall–Kier alpha value is -3.68. The highest BCUT2D eigenvalue weighted by molar-refractivity contribution is 6.04. The summed E-state index contributed by atoms with van der Waals surface area (Å²) in [6, 6.07) is 13.7. The molecule has 3 amide bonds. The Labute approximate surface area is 185 Å². The molecule has 1 saturated carbocycles. The van der Waals surface area contributed by atoms with Crippen molar-refractivity contribution in [2.75, 3.05) is 18.5 Å². The maximum Gasteiger partial charge on any atom is 0.338 e. The lowest BCUT2D eigenvalue weighted by atomic mass is 10.1. The van der Waals surface area contributed by atoms with E-state index in [1.165, 1.54) is 0 Å². The number of para-hydroxylation sites is 1. The molecule has 166 valence electrons. The summed E-state index contributed by atoms with van der Waals surface area (Å²) < 4.78 is 5.11. The van der Waals surface area contributed by atoms with Gasteiger partial charge in [0.05, 0.1) is 16.8 Å². The first-order valence-corrected chi connectivity index (χ1v) is 10.7. The average Bonchev–Trinajstić information content (AvgIpc) is 3.52. The molecule has 0 spiro atoms. The molecule has 2 aromatic rings. The van der Waals surface area contributed by atoms with E-state index in [-0.39, 0.29) is 17.9 Å². The number of amides is 3. The second-order valence-electron chi connectivity index (χ2n) is 8.03. The van der Waals surface area contributed by atoms with Crippen LogP contribution in [0, 0.1) is 0 Å². The first kappa shape index (κ1) is 21.5. The fraction of sp³-hybridized carbons (Fsp3) is 0.333. The summed E-state index contributed by atoms with van der Waals surface area (Å²) in [5, 5.41) is 5.52. The number of carbonyl (C=O) groups is 4. The van der Waals surface area contributed by atoms with Gasteiger partial charge in [-0.25, -0.2) is 4.79 Å². The van der Waals surface area contributed by atoms with E-state index in [2.05, 4.69) is 10.6 Å². The van der Waals surface area contributed by atoms with Gasteiger partial charge >= 0.3 is 5.97 Å². The van der Waals surface area contributed by atoms with Gasteiger partial charge in [-0.3, -0.25) is 14.4 Å². The summed E-state index contributed by atoms with van der Waals surface area (Å²) in [4.78, 5) is 50.4. The van der Waals surface area contributed by atoms with Gasteiger partial charge in [-0.15, -0.1) is 0 Å². The van der Waals surface area contributed by atoms with Crippen molar-refractivity contribution in [2.45, 2.75) is 38.3 Å². The van der Waals surface area contributed by atoms with Gasteiger partial charge in [0.15, 0.2) is 6.61 Å². The third-order valence-corrected chi connectivity index (χ3v) is 5.43. The average molecular weight is 435 g/mol. The number of esters is 1. The molecule has 1 heterocycles. The van der Waals surface area contributed by atoms with Crippen LogP contribution >= 0.6 is 0 Å². The van der Waals surface area contributed by atoms with Gasteiger partial charge in [-0.05, 0) is 49.1 Å². The number of nitrogens with zero attached hydrogens (tertiary/aromatic N) is 1. The molecule has 0 unspecified atom stereocenters. The van der Waals surface area contributed by atoms with Crippen molar-refractivity contribution < 1.29 is 23.9 Å². The van der Waals surface area contributed by atoms with Crippen molar-refractivity contribution in [1.82, 2.24) is 10.2 Å². The van der Waals surface area contributed by atoms with E-state index >= 15 is 0 Å². The third kappa shape index (κ3) is 5.51. The van der Waals surface area contributed by atoms with Crippen molar-refractivity contribution >= 4 is 29.4 Å². The second-order valence-corrected chi connectivity index (χ2v) is 8.03. The maximum absolute atomic E-state index is 12.3. The van der Waals surface area contributed by atoms with Crippen molar-refractivity contribution in [3.8, 4) is 0 Å². The van der Waals surface area contributed by atoms with Crippen LogP contribution in [0.15, 0.2) is 48.5 Å². The predicted molar refractivity (Wildman–Crippen MR) is 117 cm³/mol. The van der Waals surface area contributed by atoms with Crippen LogP contribution in [-0.2, 0) is 20.9 Å². The lowest BCUT2D eigenvalue weighted by Gasteiger charge is -2.15. The second kappa shape index (κ2) is 9.64. The Bertz CT molecular complexity index is 1030. The van der Waals surface area contributed by atoms with E-state index in [4.69, 9.17) is 4.74 Å². The first-order valence-electron chi connectivity index (χ1n) is 10.7. The summed E-state index contributed by atoms with van der Waals surface area (Å²) in [5.41, 5.74) is 1.98. The minimum atomic E-state index is -0.622. The van der Waals surface area contributed by atoms with E-state index in [0.717, 1.165) is 31.4 Å². The Morgan fingerprint density at radius 2 is 1.78 bits per heavy atom. The standard InChI is InChI=1S/C24H25N3O5/c28-21(26-20-5-2-1-4-19(20)23(30)25-18-11-12-18)15-32-24(31)17-9-7-16(8-10-17)14-27-13-3-6-22(27)29/h1-2,4-5,7-10,18H,3,6,11-15H2,(H,25,30)(H,26,28). The Balaban J connectivity index is 1.28. The van der Waals surface area contributed by atoms with E-state index < -0.39 is 18.5 Å². The van der Waals surface area contributed by atoms with Crippen molar-refractivity contribution in [1.29, 1.82) is 0 Å². The largest absolute Gasteiger partial charge is 0.452 e. The lowest BCUT2D eigenvalue weighted by Crippen LogP contribution is -2.28. The monoisotopic (exact) mass is 435 g/mol. The van der Waals surface area contributed by atoms with Gasteiger partial charge in [-0.1, -0.05) is 24.3 Å². The van der Waals surface area contributed by atoms with Crippen LogP contribution in [0.1, 0.15) is 52.0 Å². The highest BCUT2D eigenvalue weighted by atomic mass is 16.5. The SMILES string of the molecule is O=C(COC(=O)c1ccc(CN2CCCC2=O)cc1)Nc1ccccc1C(=O)NC1CC1. The van der Waals surface area contributed by atoms with Gasteiger partial charge < -0.3 is 20.3 Å². The first-order chi connectivity index (χ1) is 15.5. The molecule has 8 heteroatoms. The molecule has 0 bridgehead atoms. The van der Waals surface area contributed by atoms with Crippen molar-refractivity contribution in [2.24, 2.45) is 0 Å². The number of rotatable bonds is 8. The van der Waals surface area contributed by atoms with Crippen LogP contribution in [0.4, 0.5) is 5.69 Å². The fourth-order valence-electron chi connectivity index (χ4n) is 3.52. The molecule has 0 atom stereocenters. The molecule has 32 heavy (non-hydrogen) atoms. The number of likely N-dealkylation sites (tertiary alicyclic amines) is 1. The number of nitrogens with one attached hydrogen (secondary N) is 2. The highest BCUT2D eigenvalue weighted by Crippen LogP contribution is 2.21. The number of hydrogen-bond acceptors (Lipinski definition) is 5. The third-order valence-electron chi connectivity index (χ3n) is 5.43. The number of carbonyl (C=O) groups excluding carboxylic acids is 4. The van der Waals surface area contributed by atoms with Gasteiger partial charge in [0.25, 0.3) is 11.8 Å². The molecular weight excluding hydrogens is 410 g/mol. The van der Waals surface area contributed by atoms with Crippen molar-refractivity contribution in [3.63, 3.8) is 0 Å². The normalized spacial score (nSPS) is 15.4. The molecule has 1 aliphatic carbocycles. The number of anilines is 1. The minimum Gasteiger partial charge on any atom is -0.452 e. The summed E-state index contributed by atoms with van der Waals surface area (Å²) in [6.07, 6.45) is 3.39. The molecule has 8 nitrogen and oxygen atoms in total. The lowest BCUT2D eigenvalue weighted by molar-refractivity contribution is -0.128. The molecule has 1 saturated heterocycles. The summed E-state index contributed by atoms with van der Waals surface area (Å²) >= 11 is 0. The number of ether oxygens (including phenoxy) is 1. The molecular formula is C24H25N3O5. The Kier molecular flexibility index (Phi) is 6.49. The van der Waals surface area contributed by atoms with Crippen LogP contribution < -0.4 is 10.6 Å². The van der Waals surface area contributed by atoms with E-state index in [0.29, 0.717) is 29.8 Å². The maximum atomic E-state index is 12.3. The van der Waals surface area contributed by atoms with Crippen molar-refractivity contribution in [3.05, 3.63) is 65.2 Å². The van der Waals surface area contributed by atoms with Gasteiger partial charge in [0.1, 0.15) is 0 Å². The molecule has 2 aliphatic rings. The fourth-order valence-corrected chi connectivity index (χ4v) is 3.52.